The first kappa shape index (κ1) is 18.7. The highest BCUT2D eigenvalue weighted by Gasteiger charge is 2.29. The lowest BCUT2D eigenvalue weighted by Gasteiger charge is -2.29. The fraction of sp³-hybridized carbons (Fsp3) is 0.650. The van der Waals surface area contributed by atoms with Gasteiger partial charge in [0, 0.05) is 37.7 Å². The van der Waals surface area contributed by atoms with Crippen LogP contribution in [0.1, 0.15) is 76.2 Å². The number of hydrogen-bond acceptors (Lipinski definition) is 4. The van der Waals surface area contributed by atoms with E-state index in [1.54, 1.807) is 6.20 Å². The zero-order valence-electron chi connectivity index (χ0n) is 16.5. The van der Waals surface area contributed by atoms with Gasteiger partial charge >= 0.3 is 0 Å². The van der Waals surface area contributed by atoms with Crippen LogP contribution in [-0.2, 0) is 24.2 Å². The van der Waals surface area contributed by atoms with Gasteiger partial charge in [-0.2, -0.15) is 0 Å². The number of aromatic nitrogens is 3. The second-order valence-electron chi connectivity index (χ2n) is 7.94. The van der Waals surface area contributed by atoms with Gasteiger partial charge in [-0.15, -0.1) is 0 Å². The molecule has 6 nitrogen and oxygen atoms in total. The number of carbonyl (C=O) groups is 1. The van der Waals surface area contributed by atoms with E-state index in [0.717, 1.165) is 42.4 Å². The molecule has 0 radical (unpaired) electrons. The number of hydrogen-bond donors (Lipinski definition) is 0. The minimum Gasteiger partial charge on any atom is -0.445 e. The minimum absolute atomic E-state index is 0.113. The Morgan fingerprint density at radius 1 is 1.27 bits per heavy atom. The molecule has 0 saturated heterocycles. The predicted molar refractivity (Wildman–Crippen MR) is 99.8 cm³/mol. The van der Waals surface area contributed by atoms with E-state index in [1.807, 2.05) is 22.6 Å². The molecule has 1 aliphatic rings. The van der Waals surface area contributed by atoms with E-state index in [1.165, 1.54) is 0 Å². The zero-order valence-corrected chi connectivity index (χ0v) is 16.5. The van der Waals surface area contributed by atoms with Crippen molar-refractivity contribution < 1.29 is 9.21 Å². The summed E-state index contributed by atoms with van der Waals surface area (Å²) in [7, 11) is 0. The van der Waals surface area contributed by atoms with Crippen molar-refractivity contribution in [2.45, 2.75) is 72.4 Å². The van der Waals surface area contributed by atoms with Crippen LogP contribution in [0.5, 0.6) is 0 Å². The molecule has 0 aliphatic carbocycles. The van der Waals surface area contributed by atoms with Gasteiger partial charge in [-0.25, -0.2) is 9.97 Å². The molecule has 3 heterocycles. The summed E-state index contributed by atoms with van der Waals surface area (Å²) in [5.74, 6) is 3.73. The van der Waals surface area contributed by atoms with E-state index in [2.05, 4.69) is 37.7 Å². The summed E-state index contributed by atoms with van der Waals surface area (Å²) in [5, 5.41) is 0. The Hall–Kier alpha value is -2.11. The van der Waals surface area contributed by atoms with Crippen LogP contribution < -0.4 is 0 Å². The van der Waals surface area contributed by atoms with Crippen molar-refractivity contribution in [3.05, 3.63) is 35.6 Å². The average Bonchev–Trinajstić information content (AvgIpc) is 3.24. The van der Waals surface area contributed by atoms with Gasteiger partial charge in [0.2, 0.25) is 5.91 Å². The number of imidazole rings is 1. The molecule has 0 aromatic carbocycles. The quantitative estimate of drug-likeness (QED) is 0.789. The first-order valence-electron chi connectivity index (χ1n) is 9.65. The van der Waals surface area contributed by atoms with Crippen molar-refractivity contribution in [3.8, 4) is 0 Å². The van der Waals surface area contributed by atoms with Crippen molar-refractivity contribution in [2.75, 3.05) is 6.54 Å². The summed E-state index contributed by atoms with van der Waals surface area (Å²) in [6, 6.07) is -0.260. The SMILES string of the molecule is CC(C)CCc1nc2c(o1)CCN(C(=O)C(C)n1ccnc1C(C)C)C2. The van der Waals surface area contributed by atoms with Gasteiger partial charge < -0.3 is 13.9 Å². The maximum absolute atomic E-state index is 13.0. The molecule has 2 aromatic heterocycles. The molecule has 2 aromatic rings. The molecular weight excluding hydrogens is 328 g/mol. The highest BCUT2D eigenvalue weighted by Crippen LogP contribution is 2.25. The van der Waals surface area contributed by atoms with Crippen molar-refractivity contribution >= 4 is 5.91 Å². The third-order valence-electron chi connectivity index (χ3n) is 5.01. The number of nitrogens with zero attached hydrogens (tertiary/aromatic N) is 4. The molecule has 1 amide bonds. The van der Waals surface area contributed by atoms with E-state index < -0.39 is 0 Å². The monoisotopic (exact) mass is 358 g/mol. The summed E-state index contributed by atoms with van der Waals surface area (Å²) in [6.45, 7) is 11.8. The normalized spacial score (nSPS) is 15.6. The van der Waals surface area contributed by atoms with E-state index in [0.29, 0.717) is 19.0 Å². The minimum atomic E-state index is -0.260. The van der Waals surface area contributed by atoms with Crippen molar-refractivity contribution in [1.82, 2.24) is 19.4 Å². The second kappa shape index (κ2) is 7.64. The van der Waals surface area contributed by atoms with Crippen LogP contribution in [0.15, 0.2) is 16.8 Å². The Bertz CT molecular complexity index is 760. The molecule has 0 saturated carbocycles. The highest BCUT2D eigenvalue weighted by atomic mass is 16.4. The second-order valence-corrected chi connectivity index (χ2v) is 7.94. The smallest absolute Gasteiger partial charge is 0.245 e. The van der Waals surface area contributed by atoms with E-state index in [-0.39, 0.29) is 17.9 Å². The van der Waals surface area contributed by atoms with Crippen LogP contribution in [0.3, 0.4) is 0 Å². The van der Waals surface area contributed by atoms with Gasteiger partial charge in [0.1, 0.15) is 23.3 Å². The fourth-order valence-corrected chi connectivity index (χ4v) is 3.44. The van der Waals surface area contributed by atoms with Gasteiger partial charge in [-0.3, -0.25) is 4.79 Å². The van der Waals surface area contributed by atoms with Crippen LogP contribution in [0.2, 0.25) is 0 Å². The molecule has 6 heteroatoms. The van der Waals surface area contributed by atoms with Crippen molar-refractivity contribution in [1.29, 1.82) is 0 Å². The lowest BCUT2D eigenvalue weighted by atomic mass is 10.1. The van der Waals surface area contributed by atoms with Crippen LogP contribution >= 0.6 is 0 Å². The van der Waals surface area contributed by atoms with Gasteiger partial charge in [-0.05, 0) is 19.3 Å². The number of rotatable bonds is 6. The van der Waals surface area contributed by atoms with Gasteiger partial charge in [0.25, 0.3) is 0 Å². The fourth-order valence-electron chi connectivity index (χ4n) is 3.44. The van der Waals surface area contributed by atoms with Crippen LogP contribution in [0.4, 0.5) is 0 Å². The number of carbonyl (C=O) groups excluding carboxylic acids is 1. The van der Waals surface area contributed by atoms with E-state index >= 15 is 0 Å². The third kappa shape index (κ3) is 3.84. The number of oxazole rings is 1. The van der Waals surface area contributed by atoms with Crippen molar-refractivity contribution in [2.24, 2.45) is 5.92 Å². The molecule has 1 atom stereocenters. The molecule has 0 bridgehead atoms. The summed E-state index contributed by atoms with van der Waals surface area (Å²) >= 11 is 0. The molecule has 1 unspecified atom stereocenters. The van der Waals surface area contributed by atoms with Crippen LogP contribution in [0.25, 0.3) is 0 Å². The summed E-state index contributed by atoms with van der Waals surface area (Å²) in [6.07, 6.45) is 6.34. The Balaban J connectivity index is 1.69. The molecule has 0 spiro atoms. The lowest BCUT2D eigenvalue weighted by molar-refractivity contribution is -0.135. The van der Waals surface area contributed by atoms with Crippen LogP contribution in [-0.4, -0.2) is 31.9 Å². The topological polar surface area (TPSA) is 64.2 Å². The predicted octanol–water partition coefficient (Wildman–Crippen LogP) is 3.73. The first-order valence-corrected chi connectivity index (χ1v) is 9.65. The standard InChI is InChI=1S/C20H30N4O2/c1-13(2)6-7-18-22-16-12-23(10-8-17(16)26-18)20(25)15(5)24-11-9-21-19(24)14(3)4/h9,11,13-15H,6-8,10,12H2,1-5H3. The Kier molecular flexibility index (Phi) is 5.49. The average molecular weight is 358 g/mol. The first-order chi connectivity index (χ1) is 12.4. The highest BCUT2D eigenvalue weighted by molar-refractivity contribution is 5.80. The number of amides is 1. The number of fused-ring (bicyclic) bond motifs is 1. The maximum atomic E-state index is 13.0. The molecule has 1 aliphatic heterocycles. The summed E-state index contributed by atoms with van der Waals surface area (Å²) in [4.78, 5) is 24.0. The Morgan fingerprint density at radius 2 is 2.04 bits per heavy atom. The van der Waals surface area contributed by atoms with Crippen LogP contribution in [0, 0.1) is 5.92 Å². The molecule has 0 fully saturated rings. The molecule has 0 N–H and O–H groups in total. The largest absolute Gasteiger partial charge is 0.445 e. The molecular formula is C20H30N4O2. The Labute approximate surface area is 155 Å². The lowest BCUT2D eigenvalue weighted by Crippen LogP contribution is -2.40. The summed E-state index contributed by atoms with van der Waals surface area (Å²) < 4.78 is 7.89. The Morgan fingerprint density at radius 3 is 2.73 bits per heavy atom. The van der Waals surface area contributed by atoms with E-state index in [4.69, 9.17) is 4.42 Å². The van der Waals surface area contributed by atoms with Gasteiger partial charge in [0.05, 0.1) is 6.54 Å². The van der Waals surface area contributed by atoms with Gasteiger partial charge in [-0.1, -0.05) is 27.7 Å². The number of aryl methyl sites for hydroxylation is 1. The summed E-state index contributed by atoms with van der Waals surface area (Å²) in [5.41, 5.74) is 0.922. The maximum Gasteiger partial charge on any atom is 0.245 e. The molecule has 142 valence electrons. The van der Waals surface area contributed by atoms with Gasteiger partial charge in [0.15, 0.2) is 5.89 Å². The van der Waals surface area contributed by atoms with Crippen molar-refractivity contribution in [3.63, 3.8) is 0 Å². The molecule has 26 heavy (non-hydrogen) atoms. The van der Waals surface area contributed by atoms with E-state index in [9.17, 15) is 4.79 Å². The molecule has 3 rings (SSSR count). The third-order valence-corrected chi connectivity index (χ3v) is 5.01. The zero-order chi connectivity index (χ0) is 18.8.